The topological polar surface area (TPSA) is 61.0 Å². The Hall–Kier alpha value is -1.36. The van der Waals surface area contributed by atoms with Crippen LogP contribution in [0.25, 0.3) is 0 Å². The van der Waals surface area contributed by atoms with E-state index < -0.39 is 0 Å². The highest BCUT2D eigenvalue weighted by molar-refractivity contribution is 5.35. The van der Waals surface area contributed by atoms with Gasteiger partial charge in [-0.2, -0.15) is 0 Å². The summed E-state index contributed by atoms with van der Waals surface area (Å²) >= 11 is 0. The highest BCUT2D eigenvalue weighted by Gasteiger charge is 2.26. The third-order valence-corrected chi connectivity index (χ3v) is 4.10. The summed E-state index contributed by atoms with van der Waals surface area (Å²) < 4.78 is 0. The molecule has 0 radical (unpaired) electrons. The fourth-order valence-electron chi connectivity index (χ4n) is 2.93. The molecular formula is C15H24N4O. The molecule has 0 amide bonds. The van der Waals surface area contributed by atoms with E-state index in [1.54, 1.807) is 6.07 Å². The standard InChI is InChI=1S/C15H24N4O/c1-11(10-19-7-3-2-4-8-19)16-13-9-14(20)18-15(17-13)12-5-6-12/h9,11-12H,2-8,10H2,1H3,(H2,16,17,18,20). The van der Waals surface area contributed by atoms with Crippen LogP contribution in [0.1, 0.15) is 50.8 Å². The number of aromatic nitrogens is 2. The van der Waals surface area contributed by atoms with E-state index >= 15 is 0 Å². The molecule has 1 aliphatic heterocycles. The number of hydrogen-bond acceptors (Lipinski definition) is 4. The van der Waals surface area contributed by atoms with E-state index in [4.69, 9.17) is 0 Å². The molecule has 1 saturated heterocycles. The Morgan fingerprint density at radius 1 is 1.40 bits per heavy atom. The Morgan fingerprint density at radius 3 is 2.85 bits per heavy atom. The van der Waals surface area contributed by atoms with Crippen molar-refractivity contribution < 1.29 is 0 Å². The van der Waals surface area contributed by atoms with Gasteiger partial charge in [0.1, 0.15) is 11.6 Å². The minimum atomic E-state index is -0.0467. The molecule has 110 valence electrons. The zero-order valence-electron chi connectivity index (χ0n) is 12.2. The van der Waals surface area contributed by atoms with Crippen LogP contribution in [0.4, 0.5) is 5.82 Å². The van der Waals surface area contributed by atoms with Crippen LogP contribution in [0.2, 0.25) is 0 Å². The van der Waals surface area contributed by atoms with Crippen molar-refractivity contribution in [2.45, 2.75) is 51.0 Å². The first-order valence-corrected chi connectivity index (χ1v) is 7.81. The Balaban J connectivity index is 1.59. The van der Waals surface area contributed by atoms with Gasteiger partial charge in [-0.15, -0.1) is 0 Å². The molecule has 1 aliphatic carbocycles. The van der Waals surface area contributed by atoms with Crippen LogP contribution in [0.15, 0.2) is 10.9 Å². The largest absolute Gasteiger partial charge is 0.366 e. The lowest BCUT2D eigenvalue weighted by atomic mass is 10.1. The molecule has 5 heteroatoms. The molecule has 1 unspecified atom stereocenters. The third-order valence-electron chi connectivity index (χ3n) is 4.10. The lowest BCUT2D eigenvalue weighted by molar-refractivity contribution is 0.223. The van der Waals surface area contributed by atoms with Crippen molar-refractivity contribution in [3.8, 4) is 0 Å². The zero-order chi connectivity index (χ0) is 13.9. The number of H-pyrrole nitrogens is 1. The van der Waals surface area contributed by atoms with Crippen molar-refractivity contribution in [3.63, 3.8) is 0 Å². The second-order valence-corrected chi connectivity index (χ2v) is 6.20. The average Bonchev–Trinajstić information content (AvgIpc) is 3.23. The molecule has 2 heterocycles. The minimum absolute atomic E-state index is 0.0467. The Bertz CT molecular complexity index is 503. The van der Waals surface area contributed by atoms with E-state index in [2.05, 4.69) is 27.1 Å². The van der Waals surface area contributed by atoms with Gasteiger partial charge in [-0.25, -0.2) is 4.98 Å². The van der Waals surface area contributed by atoms with E-state index in [0.717, 1.165) is 31.0 Å². The lowest BCUT2D eigenvalue weighted by Crippen LogP contribution is -2.38. The predicted molar refractivity (Wildman–Crippen MR) is 80.2 cm³/mol. The fourth-order valence-corrected chi connectivity index (χ4v) is 2.93. The highest BCUT2D eigenvalue weighted by Crippen LogP contribution is 2.37. The number of anilines is 1. The van der Waals surface area contributed by atoms with Gasteiger partial charge in [0.2, 0.25) is 0 Å². The van der Waals surface area contributed by atoms with Gasteiger partial charge < -0.3 is 15.2 Å². The number of likely N-dealkylation sites (tertiary alicyclic amines) is 1. The van der Waals surface area contributed by atoms with E-state index in [9.17, 15) is 4.79 Å². The van der Waals surface area contributed by atoms with Crippen LogP contribution in [0.3, 0.4) is 0 Å². The second-order valence-electron chi connectivity index (χ2n) is 6.20. The quantitative estimate of drug-likeness (QED) is 0.862. The first kappa shape index (κ1) is 13.6. The summed E-state index contributed by atoms with van der Waals surface area (Å²) in [6.45, 7) is 5.58. The number of aromatic amines is 1. The number of rotatable bonds is 5. The monoisotopic (exact) mass is 276 g/mol. The Kier molecular flexibility index (Phi) is 4.05. The number of piperidine rings is 1. The van der Waals surface area contributed by atoms with Crippen molar-refractivity contribution >= 4 is 5.82 Å². The summed E-state index contributed by atoms with van der Waals surface area (Å²) in [5, 5.41) is 3.38. The molecule has 1 aromatic rings. The molecule has 2 N–H and O–H groups in total. The predicted octanol–water partition coefficient (Wildman–Crippen LogP) is 1.93. The number of nitrogens with one attached hydrogen (secondary N) is 2. The molecule has 1 saturated carbocycles. The van der Waals surface area contributed by atoms with Crippen molar-refractivity contribution in [2.24, 2.45) is 0 Å². The molecule has 1 aromatic heterocycles. The summed E-state index contributed by atoms with van der Waals surface area (Å²) in [5.74, 6) is 2.05. The maximum absolute atomic E-state index is 11.7. The van der Waals surface area contributed by atoms with Crippen molar-refractivity contribution in [1.82, 2.24) is 14.9 Å². The molecular weight excluding hydrogens is 252 g/mol. The van der Waals surface area contributed by atoms with Crippen LogP contribution < -0.4 is 10.9 Å². The summed E-state index contributed by atoms with van der Waals surface area (Å²) in [6.07, 6.45) is 6.27. The maximum atomic E-state index is 11.7. The number of nitrogens with zero attached hydrogens (tertiary/aromatic N) is 2. The SMILES string of the molecule is CC(CN1CCCCC1)Nc1cc(=O)[nH]c(C2CC2)n1. The van der Waals surface area contributed by atoms with Gasteiger partial charge >= 0.3 is 0 Å². The van der Waals surface area contributed by atoms with Crippen molar-refractivity contribution in [1.29, 1.82) is 0 Å². The third kappa shape index (κ3) is 3.60. The van der Waals surface area contributed by atoms with E-state index in [-0.39, 0.29) is 5.56 Å². The van der Waals surface area contributed by atoms with Crippen LogP contribution in [0.5, 0.6) is 0 Å². The Morgan fingerprint density at radius 2 is 2.15 bits per heavy atom. The van der Waals surface area contributed by atoms with E-state index in [1.165, 1.54) is 32.4 Å². The minimum Gasteiger partial charge on any atom is -0.366 e. The summed E-state index contributed by atoms with van der Waals surface area (Å²) in [5.41, 5.74) is -0.0467. The van der Waals surface area contributed by atoms with Crippen LogP contribution >= 0.6 is 0 Å². The van der Waals surface area contributed by atoms with Crippen LogP contribution in [-0.4, -0.2) is 40.5 Å². The van der Waals surface area contributed by atoms with Crippen LogP contribution in [0, 0.1) is 0 Å². The average molecular weight is 276 g/mol. The van der Waals surface area contributed by atoms with Crippen LogP contribution in [-0.2, 0) is 0 Å². The van der Waals surface area contributed by atoms with Crippen molar-refractivity contribution in [3.05, 3.63) is 22.2 Å². The molecule has 1 atom stereocenters. The first-order valence-electron chi connectivity index (χ1n) is 7.81. The Labute approximate surface area is 119 Å². The van der Waals surface area contributed by atoms with Gasteiger partial charge in [-0.05, 0) is 45.7 Å². The maximum Gasteiger partial charge on any atom is 0.252 e. The summed E-state index contributed by atoms with van der Waals surface area (Å²) in [7, 11) is 0. The molecule has 0 spiro atoms. The molecule has 2 aliphatic rings. The fraction of sp³-hybridized carbons (Fsp3) is 0.733. The van der Waals surface area contributed by atoms with Gasteiger partial charge in [0.25, 0.3) is 5.56 Å². The molecule has 20 heavy (non-hydrogen) atoms. The summed E-state index contributed by atoms with van der Waals surface area (Å²) in [4.78, 5) is 21.6. The zero-order valence-corrected chi connectivity index (χ0v) is 12.2. The van der Waals surface area contributed by atoms with Gasteiger partial charge in [0.05, 0.1) is 0 Å². The molecule has 0 aromatic carbocycles. The van der Waals surface area contributed by atoms with Gasteiger partial charge in [-0.1, -0.05) is 6.42 Å². The lowest BCUT2D eigenvalue weighted by Gasteiger charge is -2.29. The molecule has 0 bridgehead atoms. The van der Waals surface area contributed by atoms with Crippen molar-refractivity contribution in [2.75, 3.05) is 25.0 Å². The van der Waals surface area contributed by atoms with E-state index in [1.807, 2.05) is 0 Å². The first-order chi connectivity index (χ1) is 9.70. The molecule has 2 fully saturated rings. The normalized spacial score (nSPS) is 21.6. The molecule has 3 rings (SSSR count). The van der Waals surface area contributed by atoms with Gasteiger partial charge in [0, 0.05) is 24.6 Å². The number of hydrogen-bond donors (Lipinski definition) is 2. The second kappa shape index (κ2) is 5.95. The summed E-state index contributed by atoms with van der Waals surface area (Å²) in [6, 6.07) is 1.88. The highest BCUT2D eigenvalue weighted by atomic mass is 16.1. The smallest absolute Gasteiger partial charge is 0.252 e. The molecule has 5 nitrogen and oxygen atoms in total. The van der Waals surface area contributed by atoms with Gasteiger partial charge in [-0.3, -0.25) is 4.79 Å². The van der Waals surface area contributed by atoms with E-state index in [0.29, 0.717) is 12.0 Å². The van der Waals surface area contributed by atoms with Gasteiger partial charge in [0.15, 0.2) is 0 Å².